The van der Waals surface area contributed by atoms with Crippen molar-refractivity contribution in [3.63, 3.8) is 0 Å². The van der Waals surface area contributed by atoms with Crippen LogP contribution in [0, 0.1) is 11.8 Å². The fourth-order valence-corrected chi connectivity index (χ4v) is 2.84. The Bertz CT molecular complexity index is 1160. The Morgan fingerprint density at radius 1 is 0.897 bits per heavy atom. The van der Waals surface area contributed by atoms with Crippen LogP contribution in [0.1, 0.15) is 5.56 Å². The van der Waals surface area contributed by atoms with Gasteiger partial charge in [0.25, 0.3) is 0 Å². The highest BCUT2D eigenvalue weighted by atomic mass is 16.5. The number of anilines is 2. The number of nitrogens with zero attached hydrogens (tertiary/aromatic N) is 2. The van der Waals surface area contributed by atoms with Crippen LogP contribution in [-0.4, -0.2) is 23.6 Å². The van der Waals surface area contributed by atoms with E-state index >= 15 is 0 Å². The van der Waals surface area contributed by atoms with Gasteiger partial charge in [0.1, 0.15) is 23.6 Å². The molecular formula is C24H20N4O. The third kappa shape index (κ3) is 4.70. The molecule has 29 heavy (non-hydrogen) atoms. The Morgan fingerprint density at radius 3 is 2.48 bits per heavy atom. The largest absolute Gasteiger partial charge is 0.457 e. The monoisotopic (exact) mass is 380 g/mol. The van der Waals surface area contributed by atoms with Gasteiger partial charge in [-0.2, -0.15) is 0 Å². The fraction of sp³-hybridized carbons (Fsp3) is 0.0833. The number of fused-ring (bicyclic) bond motifs is 1. The molecule has 1 heterocycles. The van der Waals surface area contributed by atoms with E-state index in [0.717, 1.165) is 39.5 Å². The molecule has 0 saturated carbocycles. The molecule has 5 nitrogen and oxygen atoms in total. The average Bonchev–Trinajstić information content (AvgIpc) is 2.76. The maximum absolute atomic E-state index is 5.84. The lowest BCUT2D eigenvalue weighted by Gasteiger charge is -2.10. The van der Waals surface area contributed by atoms with E-state index in [9.17, 15) is 0 Å². The van der Waals surface area contributed by atoms with E-state index in [1.807, 2.05) is 79.8 Å². The summed E-state index contributed by atoms with van der Waals surface area (Å²) in [7, 11) is 1.88. The van der Waals surface area contributed by atoms with Gasteiger partial charge in [0.05, 0.1) is 12.1 Å². The minimum atomic E-state index is 0.645. The van der Waals surface area contributed by atoms with Crippen molar-refractivity contribution < 1.29 is 4.74 Å². The van der Waals surface area contributed by atoms with E-state index in [1.165, 1.54) is 0 Å². The van der Waals surface area contributed by atoms with Gasteiger partial charge in [-0.05, 0) is 61.6 Å². The molecule has 1 aromatic heterocycles. The molecule has 0 unspecified atom stereocenters. The van der Waals surface area contributed by atoms with Crippen LogP contribution in [0.2, 0.25) is 0 Å². The zero-order chi connectivity index (χ0) is 19.9. The SMILES string of the molecule is CNCC#Cc1ccc2ncnc(Nc3ccc(Oc4ccccc4)cc3)c2c1. The Morgan fingerprint density at radius 2 is 1.69 bits per heavy atom. The molecular weight excluding hydrogens is 360 g/mol. The summed E-state index contributed by atoms with van der Waals surface area (Å²) in [6.07, 6.45) is 1.56. The van der Waals surface area contributed by atoms with Crippen molar-refractivity contribution in [2.75, 3.05) is 18.9 Å². The summed E-state index contributed by atoms with van der Waals surface area (Å²) >= 11 is 0. The van der Waals surface area contributed by atoms with E-state index in [1.54, 1.807) is 6.33 Å². The Labute approximate surface area is 169 Å². The van der Waals surface area contributed by atoms with Crippen molar-refractivity contribution in [3.05, 3.63) is 84.7 Å². The second-order valence-corrected chi connectivity index (χ2v) is 6.35. The maximum atomic E-state index is 5.84. The van der Waals surface area contributed by atoms with Gasteiger partial charge in [0.15, 0.2) is 0 Å². The van der Waals surface area contributed by atoms with Crippen LogP contribution < -0.4 is 15.4 Å². The summed E-state index contributed by atoms with van der Waals surface area (Å²) in [6, 6.07) is 23.4. The third-order valence-corrected chi connectivity index (χ3v) is 4.23. The summed E-state index contributed by atoms with van der Waals surface area (Å²) in [6.45, 7) is 0.645. The van der Waals surface area contributed by atoms with Crippen molar-refractivity contribution in [1.29, 1.82) is 0 Å². The second kappa shape index (κ2) is 8.87. The lowest BCUT2D eigenvalue weighted by atomic mass is 10.1. The highest BCUT2D eigenvalue weighted by Crippen LogP contribution is 2.26. The van der Waals surface area contributed by atoms with Gasteiger partial charge in [-0.1, -0.05) is 30.0 Å². The molecule has 0 aliphatic rings. The van der Waals surface area contributed by atoms with Crippen molar-refractivity contribution >= 4 is 22.4 Å². The quantitative estimate of drug-likeness (QED) is 0.490. The van der Waals surface area contributed by atoms with Crippen molar-refractivity contribution in [3.8, 4) is 23.3 Å². The van der Waals surface area contributed by atoms with E-state index in [-0.39, 0.29) is 0 Å². The molecule has 0 aliphatic heterocycles. The lowest BCUT2D eigenvalue weighted by Crippen LogP contribution is -2.04. The number of aromatic nitrogens is 2. The molecule has 3 aromatic carbocycles. The highest BCUT2D eigenvalue weighted by molar-refractivity contribution is 5.91. The number of benzene rings is 3. The van der Waals surface area contributed by atoms with Crippen molar-refractivity contribution in [1.82, 2.24) is 15.3 Å². The molecule has 0 fully saturated rings. The van der Waals surface area contributed by atoms with Gasteiger partial charge in [0.2, 0.25) is 0 Å². The summed E-state index contributed by atoms with van der Waals surface area (Å²) in [4.78, 5) is 8.77. The number of hydrogen-bond donors (Lipinski definition) is 2. The molecule has 0 bridgehead atoms. The summed E-state index contributed by atoms with van der Waals surface area (Å²) in [5.74, 6) is 8.54. The van der Waals surface area contributed by atoms with Gasteiger partial charge in [0, 0.05) is 16.6 Å². The minimum Gasteiger partial charge on any atom is -0.457 e. The Balaban J connectivity index is 1.55. The summed E-state index contributed by atoms with van der Waals surface area (Å²) < 4.78 is 5.84. The third-order valence-electron chi connectivity index (χ3n) is 4.23. The molecule has 2 N–H and O–H groups in total. The molecule has 0 radical (unpaired) electrons. The predicted octanol–water partition coefficient (Wildman–Crippen LogP) is 4.74. The van der Waals surface area contributed by atoms with Crippen LogP contribution in [0.15, 0.2) is 79.1 Å². The molecule has 0 saturated heterocycles. The van der Waals surface area contributed by atoms with Crippen LogP contribution in [0.5, 0.6) is 11.5 Å². The molecule has 0 atom stereocenters. The number of ether oxygens (including phenoxy) is 1. The molecule has 4 aromatic rings. The van der Waals surface area contributed by atoms with Gasteiger partial charge >= 0.3 is 0 Å². The van der Waals surface area contributed by atoms with E-state index in [0.29, 0.717) is 6.54 Å². The molecule has 5 heteroatoms. The van der Waals surface area contributed by atoms with Gasteiger partial charge in [-0.15, -0.1) is 0 Å². The number of para-hydroxylation sites is 1. The smallest absolute Gasteiger partial charge is 0.141 e. The molecule has 0 amide bonds. The van der Waals surface area contributed by atoms with Crippen molar-refractivity contribution in [2.24, 2.45) is 0 Å². The number of hydrogen-bond acceptors (Lipinski definition) is 5. The molecule has 142 valence electrons. The molecule has 4 rings (SSSR count). The van der Waals surface area contributed by atoms with Crippen LogP contribution in [0.4, 0.5) is 11.5 Å². The standard InChI is InChI=1S/C24H20N4O/c1-25-15-5-6-18-9-14-23-22(16-18)24(27-17-26-23)28-19-10-12-21(13-11-19)29-20-7-3-2-4-8-20/h2-4,7-14,16-17,25H,15H2,1H3,(H,26,27,28). The molecule has 0 aliphatic carbocycles. The van der Waals surface area contributed by atoms with Crippen LogP contribution in [-0.2, 0) is 0 Å². The van der Waals surface area contributed by atoms with Gasteiger partial charge in [-0.3, -0.25) is 0 Å². The van der Waals surface area contributed by atoms with Crippen LogP contribution in [0.25, 0.3) is 10.9 Å². The van der Waals surface area contributed by atoms with Gasteiger partial charge in [-0.25, -0.2) is 9.97 Å². The zero-order valence-electron chi connectivity index (χ0n) is 16.0. The van der Waals surface area contributed by atoms with Gasteiger partial charge < -0.3 is 15.4 Å². The van der Waals surface area contributed by atoms with E-state index in [2.05, 4.69) is 32.4 Å². The Kier molecular flexibility index (Phi) is 5.65. The second-order valence-electron chi connectivity index (χ2n) is 6.35. The van der Waals surface area contributed by atoms with Crippen LogP contribution >= 0.6 is 0 Å². The van der Waals surface area contributed by atoms with E-state index < -0.39 is 0 Å². The topological polar surface area (TPSA) is 59.1 Å². The average molecular weight is 380 g/mol. The predicted molar refractivity (Wildman–Crippen MR) is 117 cm³/mol. The number of nitrogens with one attached hydrogen (secondary N) is 2. The number of rotatable bonds is 5. The first-order valence-electron chi connectivity index (χ1n) is 9.30. The highest BCUT2D eigenvalue weighted by Gasteiger charge is 2.05. The van der Waals surface area contributed by atoms with Crippen LogP contribution in [0.3, 0.4) is 0 Å². The summed E-state index contributed by atoms with van der Waals surface area (Å²) in [5, 5.41) is 7.31. The molecule has 0 spiro atoms. The zero-order valence-corrected chi connectivity index (χ0v) is 16.0. The lowest BCUT2D eigenvalue weighted by molar-refractivity contribution is 0.483. The van der Waals surface area contributed by atoms with Crippen molar-refractivity contribution in [2.45, 2.75) is 0 Å². The fourth-order valence-electron chi connectivity index (χ4n) is 2.84. The first-order chi connectivity index (χ1) is 14.3. The maximum Gasteiger partial charge on any atom is 0.141 e. The minimum absolute atomic E-state index is 0.645. The van der Waals surface area contributed by atoms with E-state index in [4.69, 9.17) is 4.74 Å². The Hall–Kier alpha value is -3.88. The first kappa shape index (κ1) is 18.5. The summed E-state index contributed by atoms with van der Waals surface area (Å²) in [5.41, 5.74) is 2.71. The first-order valence-corrected chi connectivity index (χ1v) is 9.30. The normalized spacial score (nSPS) is 10.2.